The molecule has 2 fully saturated rings. The van der Waals surface area contributed by atoms with Crippen molar-refractivity contribution in [2.45, 2.75) is 37.9 Å². The van der Waals surface area contributed by atoms with E-state index in [1.807, 2.05) is 6.07 Å². The summed E-state index contributed by atoms with van der Waals surface area (Å²) in [5.74, 6) is -1.17. The zero-order valence-corrected chi connectivity index (χ0v) is 10.1. The van der Waals surface area contributed by atoms with Crippen molar-refractivity contribution >= 4 is 5.97 Å². The molecule has 96 valence electrons. The Morgan fingerprint density at radius 2 is 2.17 bits per heavy atom. The van der Waals surface area contributed by atoms with Gasteiger partial charge in [0.1, 0.15) is 5.82 Å². The molecule has 1 aromatic carbocycles. The Bertz CT molecular complexity index is 477. The Morgan fingerprint density at radius 1 is 1.39 bits per heavy atom. The van der Waals surface area contributed by atoms with E-state index < -0.39 is 5.97 Å². The molecule has 0 spiro atoms. The van der Waals surface area contributed by atoms with Crippen molar-refractivity contribution in [2.24, 2.45) is 5.92 Å². The second kappa shape index (κ2) is 4.35. The molecule has 2 heterocycles. The lowest BCUT2D eigenvalue weighted by molar-refractivity contribution is -0.142. The zero-order chi connectivity index (χ0) is 12.7. The van der Waals surface area contributed by atoms with E-state index in [2.05, 4.69) is 4.90 Å². The van der Waals surface area contributed by atoms with Crippen molar-refractivity contribution in [1.82, 2.24) is 4.90 Å². The van der Waals surface area contributed by atoms with E-state index in [-0.39, 0.29) is 17.8 Å². The number of carboxylic acids is 1. The van der Waals surface area contributed by atoms with Gasteiger partial charge in [0, 0.05) is 24.2 Å². The predicted molar refractivity (Wildman–Crippen MR) is 64.5 cm³/mol. The van der Waals surface area contributed by atoms with E-state index in [0.29, 0.717) is 24.6 Å². The molecule has 3 atom stereocenters. The fourth-order valence-electron chi connectivity index (χ4n) is 3.44. The summed E-state index contributed by atoms with van der Waals surface area (Å²) in [6.07, 6.45) is 2.69. The molecule has 0 radical (unpaired) electrons. The van der Waals surface area contributed by atoms with Crippen LogP contribution < -0.4 is 0 Å². The van der Waals surface area contributed by atoms with Crippen LogP contribution in [0.1, 0.15) is 24.8 Å². The second-order valence-corrected chi connectivity index (χ2v) is 5.24. The number of carboxylic acid groups (broad SMARTS) is 1. The average Bonchev–Trinajstić information content (AvgIpc) is 2.89. The number of hydrogen-bond acceptors (Lipinski definition) is 2. The summed E-state index contributed by atoms with van der Waals surface area (Å²) in [6.45, 7) is 0.534. The number of nitrogens with zero attached hydrogens (tertiary/aromatic N) is 1. The van der Waals surface area contributed by atoms with Crippen LogP contribution in [0.25, 0.3) is 0 Å². The zero-order valence-electron chi connectivity index (χ0n) is 10.1. The van der Waals surface area contributed by atoms with E-state index in [9.17, 15) is 14.3 Å². The quantitative estimate of drug-likeness (QED) is 0.893. The third-order valence-electron chi connectivity index (χ3n) is 4.31. The molecule has 3 rings (SSSR count). The smallest absolute Gasteiger partial charge is 0.308 e. The molecule has 18 heavy (non-hydrogen) atoms. The van der Waals surface area contributed by atoms with Crippen molar-refractivity contribution in [1.29, 1.82) is 0 Å². The van der Waals surface area contributed by atoms with Gasteiger partial charge >= 0.3 is 5.97 Å². The second-order valence-electron chi connectivity index (χ2n) is 5.24. The Labute approximate surface area is 105 Å². The van der Waals surface area contributed by atoms with Crippen LogP contribution in [-0.4, -0.2) is 28.1 Å². The molecule has 3 unspecified atom stereocenters. The fourth-order valence-corrected chi connectivity index (χ4v) is 3.44. The van der Waals surface area contributed by atoms with Crippen LogP contribution in [0.15, 0.2) is 24.3 Å². The van der Waals surface area contributed by atoms with Crippen LogP contribution in [0.4, 0.5) is 4.39 Å². The SMILES string of the molecule is O=C(O)C1CC2CCC1N2Cc1ccccc1F. The van der Waals surface area contributed by atoms with Gasteiger partial charge in [-0.05, 0) is 25.3 Å². The molecule has 1 aromatic rings. The number of rotatable bonds is 3. The van der Waals surface area contributed by atoms with E-state index in [1.165, 1.54) is 6.07 Å². The number of carbonyl (C=O) groups is 1. The van der Waals surface area contributed by atoms with Crippen LogP contribution in [0.3, 0.4) is 0 Å². The monoisotopic (exact) mass is 249 g/mol. The first-order valence-corrected chi connectivity index (χ1v) is 6.39. The van der Waals surface area contributed by atoms with Crippen LogP contribution >= 0.6 is 0 Å². The summed E-state index contributed by atoms with van der Waals surface area (Å²) in [5, 5.41) is 9.17. The summed E-state index contributed by atoms with van der Waals surface area (Å²) in [6, 6.07) is 7.15. The lowest BCUT2D eigenvalue weighted by Crippen LogP contribution is -2.32. The summed E-state index contributed by atoms with van der Waals surface area (Å²) in [5.41, 5.74) is 0.667. The Balaban J connectivity index is 1.79. The maximum absolute atomic E-state index is 13.6. The summed E-state index contributed by atoms with van der Waals surface area (Å²) in [7, 11) is 0. The molecule has 0 amide bonds. The van der Waals surface area contributed by atoms with Gasteiger partial charge < -0.3 is 5.11 Å². The maximum atomic E-state index is 13.6. The van der Waals surface area contributed by atoms with Gasteiger partial charge in [0.2, 0.25) is 0 Å². The first-order valence-electron chi connectivity index (χ1n) is 6.39. The van der Waals surface area contributed by atoms with Crippen molar-refractivity contribution < 1.29 is 14.3 Å². The predicted octanol–water partition coefficient (Wildman–Crippen LogP) is 2.26. The van der Waals surface area contributed by atoms with Crippen molar-refractivity contribution in [3.8, 4) is 0 Å². The van der Waals surface area contributed by atoms with E-state index in [4.69, 9.17) is 0 Å². The maximum Gasteiger partial charge on any atom is 0.308 e. The largest absolute Gasteiger partial charge is 0.481 e. The Hall–Kier alpha value is -1.42. The molecular weight excluding hydrogens is 233 g/mol. The lowest BCUT2D eigenvalue weighted by Gasteiger charge is -2.22. The van der Waals surface area contributed by atoms with Gasteiger partial charge in [-0.2, -0.15) is 0 Å². The van der Waals surface area contributed by atoms with E-state index in [0.717, 1.165) is 12.8 Å². The molecule has 1 N–H and O–H groups in total. The molecule has 0 aromatic heterocycles. The molecule has 3 nitrogen and oxygen atoms in total. The highest BCUT2D eigenvalue weighted by Gasteiger charge is 2.49. The summed E-state index contributed by atoms with van der Waals surface area (Å²) >= 11 is 0. The third-order valence-corrected chi connectivity index (χ3v) is 4.31. The molecule has 2 aliphatic heterocycles. The minimum Gasteiger partial charge on any atom is -0.481 e. The number of benzene rings is 1. The molecule has 2 bridgehead atoms. The Morgan fingerprint density at radius 3 is 2.83 bits per heavy atom. The highest BCUT2D eigenvalue weighted by Crippen LogP contribution is 2.42. The summed E-state index contributed by atoms with van der Waals surface area (Å²) < 4.78 is 13.6. The first kappa shape index (κ1) is 11.7. The lowest BCUT2D eigenvalue weighted by atomic mass is 9.89. The fraction of sp³-hybridized carbons (Fsp3) is 0.500. The average molecular weight is 249 g/mol. The normalized spacial score (nSPS) is 30.8. The molecule has 0 saturated carbocycles. The Kier molecular flexibility index (Phi) is 2.82. The van der Waals surface area contributed by atoms with Gasteiger partial charge in [-0.3, -0.25) is 9.69 Å². The van der Waals surface area contributed by atoms with Gasteiger partial charge in [-0.25, -0.2) is 4.39 Å². The van der Waals surface area contributed by atoms with E-state index >= 15 is 0 Å². The molecule has 2 aliphatic rings. The van der Waals surface area contributed by atoms with Gasteiger partial charge in [0.25, 0.3) is 0 Å². The van der Waals surface area contributed by atoms with Gasteiger partial charge in [0.05, 0.1) is 5.92 Å². The number of fused-ring (bicyclic) bond motifs is 2. The van der Waals surface area contributed by atoms with Crippen molar-refractivity contribution in [3.05, 3.63) is 35.6 Å². The van der Waals surface area contributed by atoms with Crippen molar-refractivity contribution in [3.63, 3.8) is 0 Å². The molecule has 4 heteroatoms. The number of hydrogen-bond donors (Lipinski definition) is 1. The van der Waals surface area contributed by atoms with E-state index in [1.54, 1.807) is 12.1 Å². The van der Waals surface area contributed by atoms with Crippen LogP contribution in [0.2, 0.25) is 0 Å². The van der Waals surface area contributed by atoms with Crippen molar-refractivity contribution in [2.75, 3.05) is 0 Å². The first-order chi connectivity index (χ1) is 8.66. The van der Waals surface area contributed by atoms with Gasteiger partial charge in [-0.1, -0.05) is 18.2 Å². The molecule has 2 saturated heterocycles. The highest BCUT2D eigenvalue weighted by atomic mass is 19.1. The minimum absolute atomic E-state index is 0.0899. The molecular formula is C14H16FNO2. The van der Waals surface area contributed by atoms with Crippen LogP contribution in [0.5, 0.6) is 0 Å². The number of aliphatic carboxylic acids is 1. The van der Waals surface area contributed by atoms with Crippen LogP contribution in [0, 0.1) is 11.7 Å². The number of halogens is 1. The standard InChI is InChI=1S/C14H16FNO2/c15-12-4-2-1-3-9(12)8-16-10-5-6-13(16)11(7-10)14(17)18/h1-4,10-11,13H,5-8H2,(H,17,18). The third kappa shape index (κ3) is 1.81. The molecule has 0 aliphatic carbocycles. The van der Waals surface area contributed by atoms with Gasteiger partial charge in [-0.15, -0.1) is 0 Å². The minimum atomic E-state index is -0.708. The summed E-state index contributed by atoms with van der Waals surface area (Å²) in [4.78, 5) is 13.3. The van der Waals surface area contributed by atoms with Gasteiger partial charge in [0.15, 0.2) is 0 Å². The topological polar surface area (TPSA) is 40.5 Å². The highest BCUT2D eigenvalue weighted by molar-refractivity contribution is 5.71. The van der Waals surface area contributed by atoms with Crippen LogP contribution in [-0.2, 0) is 11.3 Å².